The standard InChI is InChI=1S/C18H27N5O2/c1-14-20-18(25-21-14)5-4-9-23-10-7-17(13-23)24-16-6-8-19-15(11-16)12-22(2)3/h6,8,11,17H,4-5,7,9-10,12-13H2,1-3H3. The lowest BCUT2D eigenvalue weighted by Gasteiger charge is -2.17. The average molecular weight is 345 g/mol. The van der Waals surface area contributed by atoms with E-state index < -0.39 is 0 Å². The molecule has 7 heteroatoms. The molecule has 0 spiro atoms. The van der Waals surface area contributed by atoms with Gasteiger partial charge < -0.3 is 14.2 Å². The minimum absolute atomic E-state index is 0.250. The van der Waals surface area contributed by atoms with Gasteiger partial charge >= 0.3 is 0 Å². The summed E-state index contributed by atoms with van der Waals surface area (Å²) in [5.41, 5.74) is 1.03. The molecule has 0 radical (unpaired) electrons. The summed E-state index contributed by atoms with van der Waals surface area (Å²) in [7, 11) is 4.08. The first kappa shape index (κ1) is 17.8. The minimum Gasteiger partial charge on any atom is -0.489 e. The monoisotopic (exact) mass is 345 g/mol. The molecular weight excluding hydrogens is 318 g/mol. The fraction of sp³-hybridized carbons (Fsp3) is 0.611. The Bertz CT molecular complexity index is 673. The summed E-state index contributed by atoms with van der Waals surface area (Å²) in [6.45, 7) is 5.74. The number of hydrogen-bond acceptors (Lipinski definition) is 7. The van der Waals surface area contributed by atoms with Crippen molar-refractivity contribution in [3.63, 3.8) is 0 Å². The Kier molecular flexibility index (Phi) is 5.99. The molecule has 3 heterocycles. The van der Waals surface area contributed by atoms with E-state index in [0.717, 1.165) is 62.8 Å². The van der Waals surface area contributed by atoms with Gasteiger partial charge in [-0.05, 0) is 46.5 Å². The molecule has 0 aliphatic carbocycles. The fourth-order valence-corrected chi connectivity index (χ4v) is 3.12. The Morgan fingerprint density at radius 2 is 2.28 bits per heavy atom. The van der Waals surface area contributed by atoms with Gasteiger partial charge in [-0.3, -0.25) is 9.88 Å². The number of pyridine rings is 1. The summed E-state index contributed by atoms with van der Waals surface area (Å²) in [5.74, 6) is 2.35. The molecule has 2 aromatic heterocycles. The predicted octanol–water partition coefficient (Wildman–Crippen LogP) is 1.92. The van der Waals surface area contributed by atoms with Crippen LogP contribution in [0.1, 0.15) is 30.3 Å². The zero-order valence-corrected chi connectivity index (χ0v) is 15.3. The van der Waals surface area contributed by atoms with Crippen molar-refractivity contribution in [1.29, 1.82) is 0 Å². The number of rotatable bonds is 8. The molecule has 0 N–H and O–H groups in total. The summed E-state index contributed by atoms with van der Waals surface area (Å²) in [4.78, 5) is 13.2. The zero-order chi connectivity index (χ0) is 17.6. The Hall–Kier alpha value is -1.99. The number of ether oxygens (including phenoxy) is 1. The van der Waals surface area contributed by atoms with E-state index in [1.54, 1.807) is 0 Å². The van der Waals surface area contributed by atoms with Crippen molar-refractivity contribution in [2.24, 2.45) is 0 Å². The van der Waals surface area contributed by atoms with Gasteiger partial charge in [-0.15, -0.1) is 0 Å². The van der Waals surface area contributed by atoms with Crippen LogP contribution < -0.4 is 4.74 Å². The smallest absolute Gasteiger partial charge is 0.226 e. The number of nitrogens with zero attached hydrogens (tertiary/aromatic N) is 5. The molecule has 25 heavy (non-hydrogen) atoms. The highest BCUT2D eigenvalue weighted by Gasteiger charge is 2.23. The summed E-state index contributed by atoms with van der Waals surface area (Å²) in [6, 6.07) is 3.99. The van der Waals surface area contributed by atoms with Crippen LogP contribution in [0.15, 0.2) is 22.9 Å². The second-order valence-electron chi connectivity index (χ2n) is 6.89. The van der Waals surface area contributed by atoms with Gasteiger partial charge in [0.05, 0.1) is 5.69 Å². The van der Waals surface area contributed by atoms with Crippen LogP contribution in [0.5, 0.6) is 5.75 Å². The van der Waals surface area contributed by atoms with Gasteiger partial charge in [-0.25, -0.2) is 0 Å². The lowest BCUT2D eigenvalue weighted by atomic mass is 10.3. The van der Waals surface area contributed by atoms with Crippen molar-refractivity contribution >= 4 is 0 Å². The molecule has 0 bridgehead atoms. The van der Waals surface area contributed by atoms with Crippen molar-refractivity contribution in [2.45, 2.75) is 38.8 Å². The third kappa shape index (κ3) is 5.51. The maximum Gasteiger partial charge on any atom is 0.226 e. The second-order valence-corrected chi connectivity index (χ2v) is 6.89. The van der Waals surface area contributed by atoms with Gasteiger partial charge in [0.2, 0.25) is 5.89 Å². The van der Waals surface area contributed by atoms with Crippen molar-refractivity contribution in [3.05, 3.63) is 35.7 Å². The maximum atomic E-state index is 6.15. The molecule has 0 saturated carbocycles. The van der Waals surface area contributed by atoms with Gasteiger partial charge in [0.25, 0.3) is 0 Å². The van der Waals surface area contributed by atoms with Crippen LogP contribution in [0, 0.1) is 6.92 Å². The number of aromatic nitrogens is 3. The fourth-order valence-electron chi connectivity index (χ4n) is 3.12. The third-order valence-electron chi connectivity index (χ3n) is 4.23. The molecule has 1 atom stereocenters. The normalized spacial score (nSPS) is 18.2. The largest absolute Gasteiger partial charge is 0.489 e. The number of hydrogen-bond donors (Lipinski definition) is 0. The highest BCUT2D eigenvalue weighted by Crippen LogP contribution is 2.19. The zero-order valence-electron chi connectivity index (χ0n) is 15.3. The van der Waals surface area contributed by atoms with Gasteiger partial charge in [-0.1, -0.05) is 5.16 Å². The molecule has 0 amide bonds. The van der Waals surface area contributed by atoms with E-state index in [-0.39, 0.29) is 6.10 Å². The quantitative estimate of drug-likeness (QED) is 0.724. The lowest BCUT2D eigenvalue weighted by molar-refractivity contribution is 0.199. The van der Waals surface area contributed by atoms with Crippen LogP contribution in [0.3, 0.4) is 0 Å². The molecular formula is C18H27N5O2. The molecule has 7 nitrogen and oxygen atoms in total. The van der Waals surface area contributed by atoms with Crippen molar-refractivity contribution in [1.82, 2.24) is 24.9 Å². The first-order chi connectivity index (χ1) is 12.1. The van der Waals surface area contributed by atoms with Gasteiger partial charge in [0, 0.05) is 38.3 Å². The molecule has 1 fully saturated rings. The topological polar surface area (TPSA) is 67.5 Å². The first-order valence-electron chi connectivity index (χ1n) is 8.86. The third-order valence-corrected chi connectivity index (χ3v) is 4.23. The summed E-state index contributed by atoms with van der Waals surface area (Å²) >= 11 is 0. The highest BCUT2D eigenvalue weighted by atomic mass is 16.5. The lowest BCUT2D eigenvalue weighted by Crippen LogP contribution is -2.26. The van der Waals surface area contributed by atoms with E-state index >= 15 is 0 Å². The maximum absolute atomic E-state index is 6.15. The van der Waals surface area contributed by atoms with E-state index in [1.807, 2.05) is 39.3 Å². The highest BCUT2D eigenvalue weighted by molar-refractivity contribution is 5.23. The average Bonchev–Trinajstić information content (AvgIpc) is 3.16. The predicted molar refractivity (Wildman–Crippen MR) is 94.5 cm³/mol. The van der Waals surface area contributed by atoms with Crippen LogP contribution in [0.25, 0.3) is 0 Å². The Morgan fingerprint density at radius 1 is 1.40 bits per heavy atom. The van der Waals surface area contributed by atoms with Gasteiger partial charge in [0.1, 0.15) is 11.9 Å². The van der Waals surface area contributed by atoms with Crippen LogP contribution in [0.4, 0.5) is 0 Å². The molecule has 1 aliphatic heterocycles. The Labute approximate surface area is 149 Å². The van der Waals surface area contributed by atoms with E-state index in [9.17, 15) is 0 Å². The number of aryl methyl sites for hydroxylation is 2. The summed E-state index contributed by atoms with van der Waals surface area (Å²) < 4.78 is 11.3. The van der Waals surface area contributed by atoms with Crippen molar-refractivity contribution < 1.29 is 9.26 Å². The molecule has 3 rings (SSSR count). The van der Waals surface area contributed by atoms with Crippen molar-refractivity contribution in [3.8, 4) is 5.75 Å². The molecule has 1 unspecified atom stereocenters. The van der Waals surface area contributed by atoms with Crippen LogP contribution >= 0.6 is 0 Å². The molecule has 136 valence electrons. The molecule has 2 aromatic rings. The molecule has 1 saturated heterocycles. The SMILES string of the molecule is Cc1noc(CCCN2CCC(Oc3ccnc(CN(C)C)c3)C2)n1. The summed E-state index contributed by atoms with van der Waals surface area (Å²) in [6.07, 6.45) is 5.00. The van der Waals surface area contributed by atoms with Gasteiger partial charge in [-0.2, -0.15) is 4.98 Å². The van der Waals surface area contributed by atoms with E-state index in [1.165, 1.54) is 0 Å². The van der Waals surface area contributed by atoms with Crippen LogP contribution in [-0.4, -0.2) is 64.8 Å². The Balaban J connectivity index is 1.42. The van der Waals surface area contributed by atoms with E-state index in [2.05, 4.69) is 24.9 Å². The summed E-state index contributed by atoms with van der Waals surface area (Å²) in [5, 5.41) is 3.82. The van der Waals surface area contributed by atoms with E-state index in [0.29, 0.717) is 5.82 Å². The molecule has 0 aromatic carbocycles. The van der Waals surface area contributed by atoms with Crippen LogP contribution in [-0.2, 0) is 13.0 Å². The van der Waals surface area contributed by atoms with Gasteiger partial charge in [0.15, 0.2) is 5.82 Å². The van der Waals surface area contributed by atoms with Crippen LogP contribution in [0.2, 0.25) is 0 Å². The van der Waals surface area contributed by atoms with E-state index in [4.69, 9.17) is 9.26 Å². The van der Waals surface area contributed by atoms with Crippen molar-refractivity contribution in [2.75, 3.05) is 33.7 Å². The first-order valence-corrected chi connectivity index (χ1v) is 8.86. The Morgan fingerprint density at radius 3 is 3.04 bits per heavy atom. The second kappa shape index (κ2) is 8.40. The number of likely N-dealkylation sites (tertiary alicyclic amines) is 1. The molecule has 1 aliphatic rings. The minimum atomic E-state index is 0.250.